The molecule has 0 aliphatic heterocycles. The van der Waals surface area contributed by atoms with Gasteiger partial charge in [0.1, 0.15) is 5.82 Å². The maximum Gasteiger partial charge on any atom is 0.335 e. The van der Waals surface area contributed by atoms with Gasteiger partial charge in [-0.2, -0.15) is 0 Å². The highest BCUT2D eigenvalue weighted by Gasteiger charge is 2.08. The van der Waals surface area contributed by atoms with Crippen LogP contribution in [0.4, 0.5) is 10.1 Å². The summed E-state index contributed by atoms with van der Waals surface area (Å²) in [5, 5.41) is 11.7. The lowest BCUT2D eigenvalue weighted by molar-refractivity contribution is 0.0696. The summed E-state index contributed by atoms with van der Waals surface area (Å²) >= 11 is 0. The van der Waals surface area contributed by atoms with E-state index < -0.39 is 11.8 Å². The second kappa shape index (κ2) is 6.01. The van der Waals surface area contributed by atoms with Crippen molar-refractivity contribution in [1.29, 1.82) is 0 Å². The Bertz CT molecular complexity index is 632. The zero-order valence-corrected chi connectivity index (χ0v) is 10.8. The Morgan fingerprint density at radius 2 is 2.20 bits per heavy atom. The third kappa shape index (κ3) is 3.23. The van der Waals surface area contributed by atoms with Crippen LogP contribution in [0.1, 0.15) is 15.9 Å². The molecule has 2 aromatic rings. The molecule has 2 N–H and O–H groups in total. The van der Waals surface area contributed by atoms with Crippen LogP contribution in [0.2, 0.25) is 0 Å². The van der Waals surface area contributed by atoms with Gasteiger partial charge in [0.15, 0.2) is 0 Å². The number of carboxylic acid groups (broad SMARTS) is 1. The van der Waals surface area contributed by atoms with Crippen LogP contribution in [0.3, 0.4) is 0 Å². The van der Waals surface area contributed by atoms with E-state index in [1.807, 2.05) is 0 Å². The van der Waals surface area contributed by atoms with Gasteiger partial charge in [-0.25, -0.2) is 14.2 Å². The third-order valence-electron chi connectivity index (χ3n) is 2.71. The Hall–Kier alpha value is -2.63. The van der Waals surface area contributed by atoms with Crippen LogP contribution in [0.15, 0.2) is 36.5 Å². The number of carbonyl (C=O) groups is 1. The summed E-state index contributed by atoms with van der Waals surface area (Å²) < 4.78 is 18.7. The van der Waals surface area contributed by atoms with E-state index in [9.17, 15) is 9.18 Å². The number of rotatable bonds is 5. The van der Waals surface area contributed by atoms with Gasteiger partial charge in [0, 0.05) is 18.8 Å². The van der Waals surface area contributed by atoms with Crippen molar-refractivity contribution in [2.45, 2.75) is 6.54 Å². The normalized spacial score (nSPS) is 10.1. The van der Waals surface area contributed by atoms with E-state index in [4.69, 9.17) is 9.84 Å². The number of halogens is 1. The maximum absolute atomic E-state index is 13.7. The zero-order chi connectivity index (χ0) is 14.5. The highest BCUT2D eigenvalue weighted by Crippen LogP contribution is 2.17. The fourth-order valence-electron chi connectivity index (χ4n) is 1.66. The number of hydrogen-bond acceptors (Lipinski definition) is 4. The second-order valence-corrected chi connectivity index (χ2v) is 4.06. The highest BCUT2D eigenvalue weighted by molar-refractivity contribution is 5.88. The standard InChI is InChI=1S/C14H13FN2O3/c1-20-13-6-9(4-5-16-13)8-17-12-3-2-10(14(18)19)7-11(12)15/h2-7,17H,8H2,1H3,(H,18,19). The van der Waals surface area contributed by atoms with Crippen LogP contribution in [-0.2, 0) is 6.54 Å². The molecule has 0 aliphatic rings. The summed E-state index contributed by atoms with van der Waals surface area (Å²) in [4.78, 5) is 14.7. The minimum absolute atomic E-state index is 0.0846. The van der Waals surface area contributed by atoms with Crippen molar-refractivity contribution >= 4 is 11.7 Å². The summed E-state index contributed by atoms with van der Waals surface area (Å²) in [5.41, 5.74) is 1.03. The molecule has 5 nitrogen and oxygen atoms in total. The summed E-state index contributed by atoms with van der Waals surface area (Å²) in [7, 11) is 1.52. The van der Waals surface area contributed by atoms with Gasteiger partial charge in [0.05, 0.1) is 18.4 Å². The van der Waals surface area contributed by atoms with Crippen molar-refractivity contribution in [3.8, 4) is 5.88 Å². The van der Waals surface area contributed by atoms with Crippen LogP contribution < -0.4 is 10.1 Å². The molecule has 0 bridgehead atoms. The molecule has 0 saturated heterocycles. The minimum atomic E-state index is -1.16. The lowest BCUT2D eigenvalue weighted by atomic mass is 10.2. The molecule has 20 heavy (non-hydrogen) atoms. The smallest absolute Gasteiger partial charge is 0.335 e. The first-order valence-corrected chi connectivity index (χ1v) is 5.86. The zero-order valence-electron chi connectivity index (χ0n) is 10.8. The number of pyridine rings is 1. The van der Waals surface area contributed by atoms with E-state index in [1.54, 1.807) is 18.3 Å². The number of hydrogen-bond donors (Lipinski definition) is 2. The maximum atomic E-state index is 13.7. The summed E-state index contributed by atoms with van der Waals surface area (Å²) in [6.45, 7) is 0.377. The largest absolute Gasteiger partial charge is 0.481 e. The number of methoxy groups -OCH3 is 1. The van der Waals surface area contributed by atoms with Crippen LogP contribution in [0.5, 0.6) is 5.88 Å². The molecule has 0 aliphatic carbocycles. The van der Waals surface area contributed by atoms with Crippen LogP contribution in [-0.4, -0.2) is 23.2 Å². The Morgan fingerprint density at radius 1 is 1.40 bits per heavy atom. The van der Waals surface area contributed by atoms with E-state index in [1.165, 1.54) is 19.2 Å². The van der Waals surface area contributed by atoms with Crippen molar-refractivity contribution < 1.29 is 19.0 Å². The lowest BCUT2D eigenvalue weighted by Crippen LogP contribution is -2.04. The number of benzene rings is 1. The van der Waals surface area contributed by atoms with Crippen LogP contribution in [0, 0.1) is 5.82 Å². The fraction of sp³-hybridized carbons (Fsp3) is 0.143. The number of aromatic nitrogens is 1. The average Bonchev–Trinajstić information content (AvgIpc) is 2.46. The summed E-state index contributed by atoms with van der Waals surface area (Å²) in [6, 6.07) is 7.24. The first kappa shape index (κ1) is 13.8. The SMILES string of the molecule is COc1cc(CNc2ccc(C(=O)O)cc2F)ccn1. The Labute approximate surface area is 115 Å². The number of ether oxygens (including phenoxy) is 1. The molecule has 0 unspecified atom stereocenters. The molecule has 0 atom stereocenters. The molecular weight excluding hydrogens is 263 g/mol. The molecule has 0 radical (unpaired) electrons. The topological polar surface area (TPSA) is 71.5 Å². The first-order valence-electron chi connectivity index (χ1n) is 5.86. The van der Waals surface area contributed by atoms with E-state index in [0.717, 1.165) is 11.6 Å². The highest BCUT2D eigenvalue weighted by atomic mass is 19.1. The van der Waals surface area contributed by atoms with E-state index in [0.29, 0.717) is 12.4 Å². The minimum Gasteiger partial charge on any atom is -0.481 e. The van der Waals surface area contributed by atoms with Gasteiger partial charge in [-0.05, 0) is 29.8 Å². The van der Waals surface area contributed by atoms with Crippen molar-refractivity contribution in [3.63, 3.8) is 0 Å². The van der Waals surface area contributed by atoms with Gasteiger partial charge in [-0.1, -0.05) is 0 Å². The molecule has 0 saturated carbocycles. The number of anilines is 1. The van der Waals surface area contributed by atoms with E-state index >= 15 is 0 Å². The third-order valence-corrected chi connectivity index (χ3v) is 2.71. The van der Waals surface area contributed by atoms with Gasteiger partial charge in [0.25, 0.3) is 0 Å². The Morgan fingerprint density at radius 3 is 2.85 bits per heavy atom. The molecule has 1 heterocycles. The molecule has 1 aromatic carbocycles. The van der Waals surface area contributed by atoms with Gasteiger partial charge in [-0.15, -0.1) is 0 Å². The Balaban J connectivity index is 2.08. The average molecular weight is 276 g/mol. The van der Waals surface area contributed by atoms with E-state index in [-0.39, 0.29) is 11.3 Å². The molecule has 0 amide bonds. The number of nitrogens with one attached hydrogen (secondary N) is 1. The van der Waals surface area contributed by atoms with Crippen molar-refractivity contribution in [1.82, 2.24) is 4.98 Å². The molecule has 0 fully saturated rings. The second-order valence-electron chi connectivity index (χ2n) is 4.06. The van der Waals surface area contributed by atoms with Gasteiger partial charge < -0.3 is 15.2 Å². The summed E-state index contributed by atoms with van der Waals surface area (Å²) in [5.74, 6) is -1.29. The molecule has 2 rings (SSSR count). The fourth-order valence-corrected chi connectivity index (χ4v) is 1.66. The molecular formula is C14H13FN2O3. The monoisotopic (exact) mass is 276 g/mol. The number of nitrogens with zero attached hydrogens (tertiary/aromatic N) is 1. The summed E-state index contributed by atoms with van der Waals surface area (Å²) in [6.07, 6.45) is 1.60. The number of carboxylic acids is 1. The molecule has 0 spiro atoms. The first-order chi connectivity index (χ1) is 9.60. The predicted octanol–water partition coefficient (Wildman–Crippen LogP) is 2.54. The van der Waals surface area contributed by atoms with Crippen molar-refractivity contribution in [2.24, 2.45) is 0 Å². The number of aromatic carboxylic acids is 1. The Kier molecular flexibility index (Phi) is 4.14. The van der Waals surface area contributed by atoms with Crippen molar-refractivity contribution in [2.75, 3.05) is 12.4 Å². The van der Waals surface area contributed by atoms with Gasteiger partial charge >= 0.3 is 5.97 Å². The van der Waals surface area contributed by atoms with Crippen molar-refractivity contribution in [3.05, 3.63) is 53.5 Å². The lowest BCUT2D eigenvalue weighted by Gasteiger charge is -2.09. The molecule has 6 heteroatoms. The van der Waals surface area contributed by atoms with Gasteiger partial charge in [0.2, 0.25) is 5.88 Å². The molecule has 104 valence electrons. The van der Waals surface area contributed by atoms with E-state index in [2.05, 4.69) is 10.3 Å². The van der Waals surface area contributed by atoms with Crippen LogP contribution in [0.25, 0.3) is 0 Å². The quantitative estimate of drug-likeness (QED) is 0.878. The van der Waals surface area contributed by atoms with Gasteiger partial charge in [-0.3, -0.25) is 0 Å². The molecule has 1 aromatic heterocycles. The van der Waals surface area contributed by atoms with Crippen LogP contribution >= 0.6 is 0 Å². The predicted molar refractivity (Wildman–Crippen MR) is 71.5 cm³/mol.